The van der Waals surface area contributed by atoms with Crippen LogP contribution in [0.2, 0.25) is 0 Å². The van der Waals surface area contributed by atoms with Gasteiger partial charge in [0.25, 0.3) is 0 Å². The molecule has 0 N–H and O–H groups in total. The fourth-order valence-corrected chi connectivity index (χ4v) is 2.39. The number of hydrogen-bond donors (Lipinski definition) is 0. The van der Waals surface area contributed by atoms with Gasteiger partial charge in [0.2, 0.25) is 0 Å². The second-order valence-electron chi connectivity index (χ2n) is 3.87. The van der Waals surface area contributed by atoms with Gasteiger partial charge < -0.3 is 9.47 Å². The molecule has 1 heterocycles. The average Bonchev–Trinajstić information content (AvgIpc) is 2.94. The molecule has 19 heavy (non-hydrogen) atoms. The first kappa shape index (κ1) is 13.6. The van der Waals surface area contributed by atoms with E-state index in [2.05, 4.69) is 0 Å². The monoisotopic (exact) mass is 276 g/mol. The van der Waals surface area contributed by atoms with Crippen LogP contribution in [0, 0.1) is 0 Å². The maximum Gasteiger partial charge on any atom is 0.193 e. The Morgan fingerprint density at radius 2 is 1.79 bits per heavy atom. The van der Waals surface area contributed by atoms with Crippen LogP contribution in [0.15, 0.2) is 35.0 Å². The minimum atomic E-state index is 0.00486. The van der Waals surface area contributed by atoms with Gasteiger partial charge in [0, 0.05) is 16.5 Å². The number of benzene rings is 1. The fourth-order valence-electron chi connectivity index (χ4n) is 1.75. The summed E-state index contributed by atoms with van der Waals surface area (Å²) in [6.07, 6.45) is 0. The Bertz CT molecular complexity index is 547. The molecule has 1 aromatic carbocycles. The van der Waals surface area contributed by atoms with E-state index in [-0.39, 0.29) is 5.78 Å². The highest BCUT2D eigenvalue weighted by Crippen LogP contribution is 2.29. The molecular weight excluding hydrogens is 260 g/mol. The summed E-state index contributed by atoms with van der Waals surface area (Å²) in [4.78, 5) is 12.2. The van der Waals surface area contributed by atoms with Crippen molar-refractivity contribution in [2.75, 3.05) is 13.2 Å². The predicted octanol–water partition coefficient (Wildman–Crippen LogP) is 3.78. The molecule has 0 atom stereocenters. The quantitative estimate of drug-likeness (QED) is 0.753. The van der Waals surface area contributed by atoms with Gasteiger partial charge in [-0.25, -0.2) is 0 Å². The van der Waals surface area contributed by atoms with Crippen LogP contribution in [0.3, 0.4) is 0 Å². The highest BCUT2D eigenvalue weighted by molar-refractivity contribution is 7.08. The van der Waals surface area contributed by atoms with E-state index in [9.17, 15) is 4.79 Å². The number of ether oxygens (including phenoxy) is 2. The standard InChI is InChI=1S/C15H16O3S/c1-3-17-13-6-5-11(9-14(13)18-4-2)15(16)12-7-8-19-10-12/h5-10H,3-4H2,1-2H3. The fraction of sp³-hybridized carbons (Fsp3) is 0.267. The lowest BCUT2D eigenvalue weighted by atomic mass is 10.1. The van der Waals surface area contributed by atoms with E-state index >= 15 is 0 Å². The van der Waals surface area contributed by atoms with Crippen LogP contribution >= 0.6 is 11.3 Å². The summed E-state index contributed by atoms with van der Waals surface area (Å²) in [5.74, 6) is 1.29. The Morgan fingerprint density at radius 3 is 2.42 bits per heavy atom. The maximum atomic E-state index is 12.2. The summed E-state index contributed by atoms with van der Waals surface area (Å²) in [7, 11) is 0. The molecule has 0 aliphatic carbocycles. The number of carbonyl (C=O) groups is 1. The lowest BCUT2D eigenvalue weighted by Gasteiger charge is -2.11. The van der Waals surface area contributed by atoms with Crippen LogP contribution < -0.4 is 9.47 Å². The van der Waals surface area contributed by atoms with Gasteiger partial charge in [0.1, 0.15) is 0 Å². The molecule has 0 aliphatic heterocycles. The lowest BCUT2D eigenvalue weighted by molar-refractivity contribution is 0.103. The molecule has 1 aromatic heterocycles. The third kappa shape index (κ3) is 3.15. The Balaban J connectivity index is 2.32. The number of rotatable bonds is 6. The van der Waals surface area contributed by atoms with Gasteiger partial charge in [-0.3, -0.25) is 4.79 Å². The maximum absolute atomic E-state index is 12.2. The number of thiophene rings is 1. The van der Waals surface area contributed by atoms with Crippen LogP contribution in [-0.4, -0.2) is 19.0 Å². The van der Waals surface area contributed by atoms with E-state index in [0.29, 0.717) is 35.8 Å². The van der Waals surface area contributed by atoms with Crippen LogP contribution in [0.25, 0.3) is 0 Å². The van der Waals surface area contributed by atoms with Crippen molar-refractivity contribution in [1.82, 2.24) is 0 Å². The molecule has 0 bridgehead atoms. The van der Waals surface area contributed by atoms with Crippen molar-refractivity contribution < 1.29 is 14.3 Å². The topological polar surface area (TPSA) is 35.5 Å². The van der Waals surface area contributed by atoms with Gasteiger partial charge in [0.05, 0.1) is 13.2 Å². The lowest BCUT2D eigenvalue weighted by Crippen LogP contribution is -2.03. The molecule has 0 unspecified atom stereocenters. The largest absolute Gasteiger partial charge is 0.490 e. The van der Waals surface area contributed by atoms with Crippen LogP contribution in [-0.2, 0) is 0 Å². The van der Waals surface area contributed by atoms with E-state index in [1.54, 1.807) is 18.2 Å². The molecule has 0 saturated carbocycles. The molecule has 2 aromatic rings. The van der Waals surface area contributed by atoms with E-state index < -0.39 is 0 Å². The Kier molecular flexibility index (Phi) is 4.58. The summed E-state index contributed by atoms with van der Waals surface area (Å²) in [5.41, 5.74) is 1.32. The van der Waals surface area contributed by atoms with Gasteiger partial charge in [0.15, 0.2) is 17.3 Å². The highest BCUT2D eigenvalue weighted by atomic mass is 32.1. The summed E-state index contributed by atoms with van der Waals surface area (Å²) < 4.78 is 11.0. The minimum absolute atomic E-state index is 0.00486. The third-order valence-electron chi connectivity index (χ3n) is 2.59. The summed E-state index contributed by atoms with van der Waals surface area (Å²) in [6.45, 7) is 4.93. The molecule has 0 aliphatic rings. The SMILES string of the molecule is CCOc1ccc(C(=O)c2ccsc2)cc1OCC. The Morgan fingerprint density at radius 1 is 1.05 bits per heavy atom. The molecule has 3 nitrogen and oxygen atoms in total. The van der Waals surface area contributed by atoms with Crippen LogP contribution in [0.5, 0.6) is 11.5 Å². The molecule has 100 valence electrons. The first-order valence-electron chi connectivity index (χ1n) is 6.22. The van der Waals surface area contributed by atoms with Gasteiger partial charge >= 0.3 is 0 Å². The molecule has 0 saturated heterocycles. The van der Waals surface area contributed by atoms with Gasteiger partial charge in [-0.2, -0.15) is 11.3 Å². The van der Waals surface area contributed by atoms with Crippen LogP contribution in [0.1, 0.15) is 29.8 Å². The minimum Gasteiger partial charge on any atom is -0.490 e. The normalized spacial score (nSPS) is 10.2. The van der Waals surface area contributed by atoms with Crippen molar-refractivity contribution in [2.45, 2.75) is 13.8 Å². The van der Waals surface area contributed by atoms with E-state index in [4.69, 9.17) is 9.47 Å². The number of carbonyl (C=O) groups excluding carboxylic acids is 1. The van der Waals surface area contributed by atoms with Crippen molar-refractivity contribution in [3.05, 3.63) is 46.2 Å². The zero-order valence-corrected chi connectivity index (χ0v) is 11.8. The van der Waals surface area contributed by atoms with E-state index in [0.717, 1.165) is 0 Å². The molecular formula is C15H16O3S. The molecule has 0 radical (unpaired) electrons. The number of hydrogen-bond acceptors (Lipinski definition) is 4. The molecule has 4 heteroatoms. The zero-order valence-electron chi connectivity index (χ0n) is 11.0. The van der Waals surface area contributed by atoms with Crippen molar-refractivity contribution in [1.29, 1.82) is 0 Å². The van der Waals surface area contributed by atoms with Crippen molar-refractivity contribution in [3.63, 3.8) is 0 Å². The molecule has 2 rings (SSSR count). The highest BCUT2D eigenvalue weighted by Gasteiger charge is 2.13. The van der Waals surface area contributed by atoms with Crippen molar-refractivity contribution in [2.24, 2.45) is 0 Å². The Hall–Kier alpha value is -1.81. The van der Waals surface area contributed by atoms with Gasteiger partial charge in [-0.15, -0.1) is 0 Å². The van der Waals surface area contributed by atoms with Gasteiger partial charge in [-0.05, 0) is 43.5 Å². The summed E-state index contributed by atoms with van der Waals surface area (Å²) >= 11 is 1.51. The first-order valence-corrected chi connectivity index (χ1v) is 7.17. The molecule has 0 fully saturated rings. The Labute approximate surface area is 116 Å². The smallest absolute Gasteiger partial charge is 0.193 e. The average molecular weight is 276 g/mol. The molecule has 0 spiro atoms. The van der Waals surface area contributed by atoms with E-state index in [1.165, 1.54) is 11.3 Å². The third-order valence-corrected chi connectivity index (χ3v) is 3.27. The van der Waals surface area contributed by atoms with Crippen LogP contribution in [0.4, 0.5) is 0 Å². The van der Waals surface area contributed by atoms with Gasteiger partial charge in [-0.1, -0.05) is 0 Å². The number of ketones is 1. The van der Waals surface area contributed by atoms with E-state index in [1.807, 2.05) is 30.7 Å². The first-order chi connectivity index (χ1) is 9.26. The predicted molar refractivity (Wildman–Crippen MR) is 76.5 cm³/mol. The van der Waals surface area contributed by atoms with Crippen molar-refractivity contribution in [3.8, 4) is 11.5 Å². The van der Waals surface area contributed by atoms with Crippen molar-refractivity contribution >= 4 is 17.1 Å². The summed E-state index contributed by atoms with van der Waals surface area (Å²) in [5, 5.41) is 3.74. The summed E-state index contributed by atoms with van der Waals surface area (Å²) in [6, 6.07) is 7.12. The zero-order chi connectivity index (χ0) is 13.7. The second kappa shape index (κ2) is 6.38. The molecule has 0 amide bonds. The second-order valence-corrected chi connectivity index (χ2v) is 4.65.